The number of hydrogen-bond donors (Lipinski definition) is 0. The molecule has 2 aromatic heterocycles. The molecular weight excluding hydrogens is 551 g/mol. The molecule has 30 heavy (non-hydrogen) atoms. The molecule has 0 aliphatic rings. The van der Waals surface area contributed by atoms with Crippen LogP contribution < -0.4 is 0 Å². The Balaban J connectivity index is 0.00000218. The van der Waals surface area contributed by atoms with Gasteiger partial charge in [0.05, 0.1) is 11.4 Å². The molecule has 151 valence electrons. The summed E-state index contributed by atoms with van der Waals surface area (Å²) in [5, 5.41) is 0. The Kier molecular flexibility index (Phi) is 5.42. The topological polar surface area (TPSA) is 43.9 Å². The fourth-order valence-corrected chi connectivity index (χ4v) is 3.93. The van der Waals surface area contributed by atoms with E-state index in [-0.39, 0.29) is 20.1 Å². The van der Waals surface area contributed by atoms with Crippen LogP contribution in [0.3, 0.4) is 0 Å². The second kappa shape index (κ2) is 8.02. The van der Waals surface area contributed by atoms with Crippen molar-refractivity contribution in [2.45, 2.75) is 20.8 Å². The molecule has 0 saturated carbocycles. The van der Waals surface area contributed by atoms with Crippen molar-refractivity contribution in [1.29, 1.82) is 0 Å². The van der Waals surface area contributed by atoms with Crippen molar-refractivity contribution < 1.29 is 24.5 Å². The maximum Gasteiger partial charge on any atom is 0.180 e. The molecule has 0 saturated heterocycles. The van der Waals surface area contributed by atoms with Gasteiger partial charge >= 0.3 is 0 Å². The second-order valence-electron chi connectivity index (χ2n) is 7.27. The third kappa shape index (κ3) is 3.51. The molecule has 5 heteroatoms. The van der Waals surface area contributed by atoms with E-state index < -0.39 is 0 Å². The van der Waals surface area contributed by atoms with Gasteiger partial charge < -0.3 is 8.98 Å². The summed E-state index contributed by atoms with van der Waals surface area (Å²) < 4.78 is 7.82. The largest absolute Gasteiger partial charge is 0.461 e. The fourth-order valence-electron chi connectivity index (χ4n) is 3.93. The van der Waals surface area contributed by atoms with E-state index in [4.69, 9.17) is 4.42 Å². The third-order valence-electron chi connectivity index (χ3n) is 5.15. The summed E-state index contributed by atoms with van der Waals surface area (Å²) in [6, 6.07) is 22.0. The summed E-state index contributed by atoms with van der Waals surface area (Å²) in [6.45, 7) is 6.14. The number of nitrogens with zero attached hydrogens (tertiary/aromatic N) is 3. The predicted octanol–water partition coefficient (Wildman–Crippen LogP) is 6.07. The van der Waals surface area contributed by atoms with Gasteiger partial charge in [0, 0.05) is 50.6 Å². The van der Waals surface area contributed by atoms with Crippen molar-refractivity contribution >= 4 is 11.1 Å². The van der Waals surface area contributed by atoms with Gasteiger partial charge in [0.25, 0.3) is 0 Å². The summed E-state index contributed by atoms with van der Waals surface area (Å²) in [4.78, 5) is 8.97. The first-order chi connectivity index (χ1) is 14.1. The van der Waals surface area contributed by atoms with Gasteiger partial charge in [0.15, 0.2) is 5.89 Å². The maximum absolute atomic E-state index is 5.70. The summed E-state index contributed by atoms with van der Waals surface area (Å²) in [5.74, 6) is 1.48. The smallest absolute Gasteiger partial charge is 0.180 e. The van der Waals surface area contributed by atoms with Gasteiger partial charge in [-0.15, -0.1) is 17.7 Å². The van der Waals surface area contributed by atoms with Crippen LogP contribution in [0.2, 0.25) is 0 Å². The maximum atomic E-state index is 5.70. The summed E-state index contributed by atoms with van der Waals surface area (Å²) in [6.07, 6.45) is 3.82. The number of rotatable bonds is 3. The molecule has 0 unspecified atom stereocenters. The summed E-state index contributed by atoms with van der Waals surface area (Å²) in [5.41, 5.74) is 8.40. The Morgan fingerprint density at radius 2 is 1.67 bits per heavy atom. The van der Waals surface area contributed by atoms with Crippen molar-refractivity contribution in [2.24, 2.45) is 0 Å². The summed E-state index contributed by atoms with van der Waals surface area (Å²) >= 11 is 0. The van der Waals surface area contributed by atoms with Gasteiger partial charge in [-0.1, -0.05) is 36.4 Å². The Morgan fingerprint density at radius 1 is 0.933 bits per heavy atom. The molecule has 1 radical (unpaired) electrons. The average molecular weight is 571 g/mol. The van der Waals surface area contributed by atoms with Crippen LogP contribution in [0.4, 0.5) is 0 Å². The van der Waals surface area contributed by atoms with Crippen molar-refractivity contribution in [1.82, 2.24) is 14.5 Å². The van der Waals surface area contributed by atoms with Gasteiger partial charge in [-0.3, -0.25) is 9.97 Å². The predicted molar refractivity (Wildman–Crippen MR) is 115 cm³/mol. The van der Waals surface area contributed by atoms with Crippen LogP contribution in [0.5, 0.6) is 0 Å². The van der Waals surface area contributed by atoms with Crippen molar-refractivity contribution in [3.8, 4) is 28.2 Å². The van der Waals surface area contributed by atoms with E-state index in [9.17, 15) is 0 Å². The molecule has 0 N–H and O–H groups in total. The van der Waals surface area contributed by atoms with E-state index in [0.29, 0.717) is 5.89 Å². The van der Waals surface area contributed by atoms with Crippen molar-refractivity contribution in [3.05, 3.63) is 90.1 Å². The van der Waals surface area contributed by atoms with Crippen LogP contribution in [0.25, 0.3) is 39.3 Å². The second-order valence-corrected chi connectivity index (χ2v) is 7.27. The third-order valence-corrected chi connectivity index (χ3v) is 5.15. The number of aryl methyl sites for hydroxylation is 3. The monoisotopic (exact) mass is 571 g/mol. The molecule has 5 aromatic rings. The SMILES string of the molecule is Cc1nc2c[c-]c(-c3nccn3-c3c(C)cc(-c4ccccc4)cc3C)cc2o1.[Ir]. The molecule has 3 aromatic carbocycles. The van der Waals surface area contributed by atoms with Crippen LogP contribution in [-0.4, -0.2) is 14.5 Å². The molecule has 0 atom stereocenters. The molecule has 2 heterocycles. The standard InChI is InChI=1S/C25H20N3O.Ir/c1-16-13-21(19-7-5-4-6-8-19)14-17(2)24(16)28-12-11-26-25(28)20-9-10-22-23(15-20)29-18(3)27-22;/h4-8,10-15H,1-3H3;/q-1;. The molecule has 0 bridgehead atoms. The molecule has 0 spiro atoms. The number of fused-ring (bicyclic) bond motifs is 1. The molecule has 0 fully saturated rings. The van der Waals surface area contributed by atoms with Gasteiger partial charge in [-0.05, 0) is 48.2 Å². The van der Waals surface area contributed by atoms with Crippen molar-refractivity contribution in [3.63, 3.8) is 0 Å². The minimum absolute atomic E-state index is 0. The van der Waals surface area contributed by atoms with Gasteiger partial charge in [0.2, 0.25) is 0 Å². The number of hydrogen-bond acceptors (Lipinski definition) is 3. The van der Waals surface area contributed by atoms with Gasteiger partial charge in [-0.25, -0.2) is 0 Å². The number of aromatic nitrogens is 3. The fraction of sp³-hybridized carbons (Fsp3) is 0.120. The van der Waals surface area contributed by atoms with Crippen LogP contribution in [0.1, 0.15) is 17.0 Å². The normalized spacial score (nSPS) is 10.9. The van der Waals surface area contributed by atoms with Crippen LogP contribution in [0, 0.1) is 26.8 Å². The quantitative estimate of drug-likeness (QED) is 0.248. The Bertz CT molecular complexity index is 1310. The van der Waals surface area contributed by atoms with Gasteiger partial charge in [0.1, 0.15) is 0 Å². The van der Waals surface area contributed by atoms with E-state index in [1.807, 2.05) is 37.5 Å². The first-order valence-corrected chi connectivity index (χ1v) is 9.60. The molecular formula is C25H20IrN3O-. The van der Waals surface area contributed by atoms with E-state index in [1.165, 1.54) is 22.3 Å². The molecule has 5 rings (SSSR count). The van der Waals surface area contributed by atoms with Crippen LogP contribution in [0.15, 0.2) is 71.4 Å². The summed E-state index contributed by atoms with van der Waals surface area (Å²) in [7, 11) is 0. The zero-order valence-corrected chi connectivity index (χ0v) is 19.3. The van der Waals surface area contributed by atoms with Crippen LogP contribution >= 0.6 is 0 Å². The Hall–Kier alpha value is -3.01. The average Bonchev–Trinajstić information content (AvgIpc) is 3.33. The first kappa shape index (κ1) is 20.3. The zero-order chi connectivity index (χ0) is 20.0. The number of benzene rings is 3. The van der Waals surface area contributed by atoms with E-state index in [0.717, 1.165) is 28.2 Å². The Morgan fingerprint density at radius 3 is 2.40 bits per heavy atom. The molecule has 0 amide bonds. The van der Waals surface area contributed by atoms with E-state index in [1.54, 1.807) is 0 Å². The minimum Gasteiger partial charge on any atom is -0.461 e. The Labute approximate surface area is 189 Å². The van der Waals surface area contributed by atoms with Gasteiger partial charge in [-0.2, -0.15) is 0 Å². The van der Waals surface area contributed by atoms with Crippen molar-refractivity contribution in [2.75, 3.05) is 0 Å². The molecule has 0 aliphatic heterocycles. The number of oxazole rings is 1. The minimum atomic E-state index is 0. The van der Waals surface area contributed by atoms with E-state index in [2.05, 4.69) is 70.8 Å². The molecule has 0 aliphatic carbocycles. The molecule has 4 nitrogen and oxygen atoms in total. The number of imidazole rings is 1. The first-order valence-electron chi connectivity index (χ1n) is 9.60. The van der Waals surface area contributed by atoms with Crippen LogP contribution in [-0.2, 0) is 20.1 Å². The van der Waals surface area contributed by atoms with E-state index >= 15 is 0 Å². The zero-order valence-electron chi connectivity index (χ0n) is 16.9.